The number of benzene rings is 5. The number of hydrogen-bond donors (Lipinski definition) is 1. The molecule has 0 aromatic heterocycles. The first-order chi connectivity index (χ1) is 24.7. The smallest absolute Gasteiger partial charge is 0.0482 e. The summed E-state index contributed by atoms with van der Waals surface area (Å²) < 4.78 is 0. The van der Waals surface area contributed by atoms with Crippen LogP contribution >= 0.6 is 0 Å². The fourth-order valence-corrected chi connectivity index (χ4v) is 7.13. The van der Waals surface area contributed by atoms with Crippen LogP contribution in [-0.4, -0.2) is 6.04 Å². The van der Waals surface area contributed by atoms with Crippen LogP contribution in [-0.2, 0) is 6.42 Å². The van der Waals surface area contributed by atoms with Crippen molar-refractivity contribution in [2.24, 2.45) is 0 Å². The van der Waals surface area contributed by atoms with Crippen molar-refractivity contribution >= 4 is 34.3 Å². The summed E-state index contributed by atoms with van der Waals surface area (Å²) in [6, 6.07) is 44.9. The number of anilines is 3. The molecule has 0 heterocycles. The molecule has 2 nitrogen and oxygen atoms in total. The van der Waals surface area contributed by atoms with Crippen LogP contribution in [0.1, 0.15) is 47.1 Å². The molecule has 1 atom stereocenters. The fraction of sp³-hybridized carbons (Fsp3) is 0.125. The Hall–Kier alpha value is -5.86. The standard InChI is InChI=1S/C48H42N2/c1-35-12-28-46(29-13-35)50(48-32-24-41(25-33-48)43-19-18-36-8-6-7-9-42(36)34-43)47-30-22-40(23-31-47)38-16-14-37(15-17-38)39-20-26-45(27-21-39)49-44-10-4-2-3-5-11-44/h2-4,6-17,20-26,28-34,45,49H,5,18-19,27H2,1H3. The molecule has 0 saturated heterocycles. The molecule has 3 aliphatic carbocycles. The molecule has 5 aromatic carbocycles. The van der Waals surface area contributed by atoms with E-state index in [0.29, 0.717) is 6.04 Å². The van der Waals surface area contributed by atoms with Crippen LogP contribution in [0.5, 0.6) is 0 Å². The molecule has 1 unspecified atom stereocenters. The third-order valence-corrected chi connectivity index (χ3v) is 9.96. The van der Waals surface area contributed by atoms with Gasteiger partial charge in [-0.3, -0.25) is 0 Å². The maximum atomic E-state index is 3.65. The average Bonchev–Trinajstić information content (AvgIpc) is 3.45. The van der Waals surface area contributed by atoms with Gasteiger partial charge in [0.2, 0.25) is 0 Å². The number of allylic oxidation sites excluding steroid dienone is 8. The summed E-state index contributed by atoms with van der Waals surface area (Å²) in [4.78, 5) is 2.35. The van der Waals surface area contributed by atoms with Gasteiger partial charge in [-0.2, -0.15) is 0 Å². The summed E-state index contributed by atoms with van der Waals surface area (Å²) in [6.45, 7) is 2.14. The molecule has 5 aromatic rings. The second-order valence-electron chi connectivity index (χ2n) is 13.4. The quantitative estimate of drug-likeness (QED) is 0.180. The normalized spacial score (nSPS) is 16.5. The molecule has 0 aliphatic heterocycles. The molecule has 244 valence electrons. The molecule has 0 amide bonds. The van der Waals surface area contributed by atoms with Gasteiger partial charge in [0.1, 0.15) is 0 Å². The fourth-order valence-electron chi connectivity index (χ4n) is 7.13. The summed E-state index contributed by atoms with van der Waals surface area (Å²) >= 11 is 0. The van der Waals surface area contributed by atoms with E-state index in [9.17, 15) is 0 Å². The number of hydrogen-bond acceptors (Lipinski definition) is 2. The molecule has 3 aliphatic rings. The first kappa shape index (κ1) is 31.4. The van der Waals surface area contributed by atoms with Gasteiger partial charge in [0.05, 0.1) is 0 Å². The summed E-state index contributed by atoms with van der Waals surface area (Å²) in [7, 11) is 0. The number of aryl methyl sites for hydroxylation is 2. The van der Waals surface area contributed by atoms with Gasteiger partial charge in [0.15, 0.2) is 0 Å². The minimum Gasteiger partial charge on any atom is -0.379 e. The van der Waals surface area contributed by atoms with Crippen LogP contribution in [0.4, 0.5) is 17.1 Å². The Morgan fingerprint density at radius 3 is 1.94 bits per heavy atom. The minimum atomic E-state index is 0.315. The molecule has 0 fully saturated rings. The highest BCUT2D eigenvalue weighted by Crippen LogP contribution is 2.38. The van der Waals surface area contributed by atoms with E-state index in [-0.39, 0.29) is 0 Å². The molecule has 1 N–H and O–H groups in total. The highest BCUT2D eigenvalue weighted by atomic mass is 15.1. The summed E-state index contributed by atoms with van der Waals surface area (Å²) in [5.74, 6) is 0. The van der Waals surface area contributed by atoms with Crippen LogP contribution in [0.2, 0.25) is 0 Å². The Bertz CT molecular complexity index is 2150. The van der Waals surface area contributed by atoms with E-state index in [1.165, 1.54) is 55.8 Å². The van der Waals surface area contributed by atoms with Crippen molar-refractivity contribution in [1.29, 1.82) is 0 Å². The maximum absolute atomic E-state index is 3.65. The number of rotatable bonds is 8. The zero-order valence-electron chi connectivity index (χ0n) is 28.6. The lowest BCUT2D eigenvalue weighted by molar-refractivity contribution is 0.684. The van der Waals surface area contributed by atoms with Gasteiger partial charge >= 0.3 is 0 Å². The molecule has 0 spiro atoms. The predicted octanol–water partition coefficient (Wildman–Crippen LogP) is 12.3. The Kier molecular flexibility index (Phi) is 9.00. The van der Waals surface area contributed by atoms with Gasteiger partial charge in [-0.15, -0.1) is 0 Å². The minimum absolute atomic E-state index is 0.315. The van der Waals surface area contributed by atoms with Crippen LogP contribution < -0.4 is 10.2 Å². The van der Waals surface area contributed by atoms with Crippen molar-refractivity contribution in [2.45, 2.75) is 38.6 Å². The molecule has 8 rings (SSSR count). The van der Waals surface area contributed by atoms with Crippen molar-refractivity contribution in [3.63, 3.8) is 0 Å². The topological polar surface area (TPSA) is 15.3 Å². The van der Waals surface area contributed by atoms with Crippen molar-refractivity contribution in [2.75, 3.05) is 4.90 Å². The molecular formula is C48H42N2. The van der Waals surface area contributed by atoms with E-state index in [1.807, 2.05) is 0 Å². The van der Waals surface area contributed by atoms with Crippen LogP contribution in [0.15, 0.2) is 176 Å². The van der Waals surface area contributed by atoms with Crippen LogP contribution in [0.25, 0.3) is 28.3 Å². The predicted molar refractivity (Wildman–Crippen MR) is 214 cm³/mol. The summed E-state index contributed by atoms with van der Waals surface area (Å²) in [5, 5.41) is 3.65. The van der Waals surface area contributed by atoms with E-state index in [0.717, 1.165) is 42.7 Å². The van der Waals surface area contributed by atoms with Crippen LogP contribution in [0.3, 0.4) is 0 Å². The van der Waals surface area contributed by atoms with Crippen molar-refractivity contribution < 1.29 is 0 Å². The van der Waals surface area contributed by atoms with Crippen LogP contribution in [0, 0.1) is 6.92 Å². The molecule has 2 heteroatoms. The highest BCUT2D eigenvalue weighted by molar-refractivity contribution is 5.86. The van der Waals surface area contributed by atoms with E-state index < -0.39 is 0 Å². The van der Waals surface area contributed by atoms with Crippen molar-refractivity contribution in [3.8, 4) is 11.1 Å². The third-order valence-electron chi connectivity index (χ3n) is 9.96. The maximum Gasteiger partial charge on any atom is 0.0482 e. The Morgan fingerprint density at radius 1 is 0.600 bits per heavy atom. The Labute approximate surface area is 296 Å². The van der Waals surface area contributed by atoms with Gasteiger partial charge < -0.3 is 10.2 Å². The largest absolute Gasteiger partial charge is 0.379 e. The average molecular weight is 647 g/mol. The van der Waals surface area contributed by atoms with E-state index in [2.05, 4.69) is 193 Å². The lowest BCUT2D eigenvalue weighted by Gasteiger charge is -2.26. The summed E-state index contributed by atoms with van der Waals surface area (Å²) in [5.41, 5.74) is 16.3. The lowest BCUT2D eigenvalue weighted by atomic mass is 9.89. The van der Waals surface area contributed by atoms with Gasteiger partial charge in [-0.05, 0) is 120 Å². The number of nitrogens with zero attached hydrogens (tertiary/aromatic N) is 1. The van der Waals surface area contributed by atoms with E-state index >= 15 is 0 Å². The molecule has 50 heavy (non-hydrogen) atoms. The van der Waals surface area contributed by atoms with E-state index in [4.69, 9.17) is 0 Å². The Balaban J connectivity index is 0.991. The first-order valence-corrected chi connectivity index (χ1v) is 17.8. The van der Waals surface area contributed by atoms with Gasteiger partial charge in [-0.1, -0.05) is 139 Å². The monoisotopic (exact) mass is 646 g/mol. The molecular weight excluding hydrogens is 605 g/mol. The third kappa shape index (κ3) is 6.97. The van der Waals surface area contributed by atoms with E-state index in [1.54, 1.807) is 0 Å². The summed E-state index contributed by atoms with van der Waals surface area (Å²) in [6.07, 6.45) is 24.1. The van der Waals surface area contributed by atoms with Gasteiger partial charge in [-0.25, -0.2) is 0 Å². The lowest BCUT2D eigenvalue weighted by Crippen LogP contribution is -2.26. The number of fused-ring (bicyclic) bond motifs is 1. The molecule has 0 bridgehead atoms. The first-order valence-electron chi connectivity index (χ1n) is 17.8. The number of nitrogens with one attached hydrogen (secondary N) is 1. The second kappa shape index (κ2) is 14.3. The van der Waals surface area contributed by atoms with Gasteiger partial charge in [0.25, 0.3) is 0 Å². The molecule has 0 saturated carbocycles. The SMILES string of the molecule is Cc1ccc(N(c2ccc(C3=Cc4ccccc4CC3)cc2)c2ccc(-c3ccc(C4=CCC(NC5=CCC=CC=C5)C=C4)cc3)cc2)cc1. The zero-order valence-corrected chi connectivity index (χ0v) is 28.6. The van der Waals surface area contributed by atoms with Crippen molar-refractivity contribution in [1.82, 2.24) is 5.32 Å². The van der Waals surface area contributed by atoms with Gasteiger partial charge in [0, 0.05) is 28.8 Å². The zero-order chi connectivity index (χ0) is 33.7. The molecule has 0 radical (unpaired) electrons. The second-order valence-corrected chi connectivity index (χ2v) is 13.4. The van der Waals surface area contributed by atoms with Crippen molar-refractivity contribution in [3.05, 3.63) is 203 Å². The highest BCUT2D eigenvalue weighted by Gasteiger charge is 2.16. The Morgan fingerprint density at radius 2 is 1.24 bits per heavy atom.